The molecule has 1 atom stereocenters. The Morgan fingerprint density at radius 1 is 1.42 bits per heavy atom. The van der Waals surface area contributed by atoms with E-state index in [-0.39, 0.29) is 17.5 Å². The van der Waals surface area contributed by atoms with Gasteiger partial charge >= 0.3 is 0 Å². The van der Waals surface area contributed by atoms with Crippen molar-refractivity contribution in [3.8, 4) is 0 Å². The summed E-state index contributed by atoms with van der Waals surface area (Å²) in [5.41, 5.74) is 0. The summed E-state index contributed by atoms with van der Waals surface area (Å²) in [4.78, 5) is 3.46. The number of pyridine rings is 1. The Kier molecular flexibility index (Phi) is 4.49. The van der Waals surface area contributed by atoms with E-state index in [1.165, 1.54) is 4.31 Å². The van der Waals surface area contributed by atoms with Crippen molar-refractivity contribution in [3.63, 3.8) is 0 Å². The molecule has 1 fully saturated rings. The van der Waals surface area contributed by atoms with Crippen LogP contribution in [0.4, 0.5) is 4.39 Å². The van der Waals surface area contributed by atoms with E-state index < -0.39 is 15.8 Å². The van der Waals surface area contributed by atoms with E-state index in [1.54, 1.807) is 0 Å². The van der Waals surface area contributed by atoms with E-state index in [1.807, 2.05) is 0 Å². The van der Waals surface area contributed by atoms with Crippen LogP contribution in [0.1, 0.15) is 25.7 Å². The van der Waals surface area contributed by atoms with E-state index in [0.29, 0.717) is 13.0 Å². The summed E-state index contributed by atoms with van der Waals surface area (Å²) in [5.74, 6) is -0.670. The lowest BCUT2D eigenvalue weighted by Crippen LogP contribution is -2.44. The summed E-state index contributed by atoms with van der Waals surface area (Å²) in [7, 11) is -3.74. The van der Waals surface area contributed by atoms with Crippen LogP contribution >= 0.6 is 0 Å². The molecule has 0 aliphatic carbocycles. The number of halogens is 1. The van der Waals surface area contributed by atoms with Crippen LogP contribution in [0.3, 0.4) is 0 Å². The van der Waals surface area contributed by atoms with Gasteiger partial charge in [0.2, 0.25) is 10.0 Å². The summed E-state index contributed by atoms with van der Waals surface area (Å²) in [5, 5.41) is 9.02. The fraction of sp³-hybridized carbons (Fsp3) is 0.583. The highest BCUT2D eigenvalue weighted by atomic mass is 32.2. The Hall–Kier alpha value is -1.05. The molecule has 106 valence electrons. The third-order valence-corrected chi connectivity index (χ3v) is 5.24. The minimum atomic E-state index is -3.74. The first kappa shape index (κ1) is 14.4. The van der Waals surface area contributed by atoms with E-state index in [2.05, 4.69) is 4.98 Å². The minimum Gasteiger partial charge on any atom is -0.396 e. The van der Waals surface area contributed by atoms with Crippen molar-refractivity contribution in [3.05, 3.63) is 24.3 Å². The standard InChI is InChI=1S/C12H17FN2O3S/c13-10-7-12(9-14-8-10)19(17,18)15-5-2-1-3-11(15)4-6-16/h7-9,11,16H,1-6H2. The molecule has 1 N–H and O–H groups in total. The second-order valence-electron chi connectivity index (χ2n) is 4.62. The highest BCUT2D eigenvalue weighted by Crippen LogP contribution is 2.26. The third kappa shape index (κ3) is 3.10. The normalized spacial score (nSPS) is 21.5. The van der Waals surface area contributed by atoms with Gasteiger partial charge in [-0.2, -0.15) is 4.31 Å². The maximum absolute atomic E-state index is 13.1. The second kappa shape index (κ2) is 5.94. The predicted molar refractivity (Wildman–Crippen MR) is 67.4 cm³/mol. The predicted octanol–water partition coefficient (Wildman–Crippen LogP) is 1.15. The van der Waals surface area contributed by atoms with E-state index in [0.717, 1.165) is 37.7 Å². The van der Waals surface area contributed by atoms with Crippen molar-refractivity contribution >= 4 is 10.0 Å². The molecule has 1 unspecified atom stereocenters. The van der Waals surface area contributed by atoms with Gasteiger partial charge in [-0.1, -0.05) is 6.42 Å². The van der Waals surface area contributed by atoms with Crippen LogP contribution in [0.5, 0.6) is 0 Å². The molecule has 1 aromatic heterocycles. The topological polar surface area (TPSA) is 70.5 Å². The number of aromatic nitrogens is 1. The van der Waals surface area contributed by atoms with Crippen LogP contribution in [0.25, 0.3) is 0 Å². The van der Waals surface area contributed by atoms with Gasteiger partial charge in [-0.05, 0) is 25.3 Å². The lowest BCUT2D eigenvalue weighted by atomic mass is 10.0. The lowest BCUT2D eigenvalue weighted by molar-refractivity contribution is 0.192. The first-order valence-corrected chi connectivity index (χ1v) is 7.73. The van der Waals surface area contributed by atoms with Gasteiger partial charge in [-0.3, -0.25) is 4.98 Å². The highest BCUT2D eigenvalue weighted by Gasteiger charge is 2.33. The Morgan fingerprint density at radius 2 is 2.21 bits per heavy atom. The zero-order valence-electron chi connectivity index (χ0n) is 10.5. The average Bonchev–Trinajstić information content (AvgIpc) is 2.39. The van der Waals surface area contributed by atoms with Gasteiger partial charge in [0.05, 0.1) is 6.20 Å². The Morgan fingerprint density at radius 3 is 2.89 bits per heavy atom. The van der Waals surface area contributed by atoms with Gasteiger partial charge in [-0.25, -0.2) is 12.8 Å². The summed E-state index contributed by atoms with van der Waals surface area (Å²) in [6, 6.07) is 0.763. The SMILES string of the molecule is O=S(=O)(c1cncc(F)c1)N1CCCCC1CCO. The second-order valence-corrected chi connectivity index (χ2v) is 6.51. The number of hydrogen-bond donors (Lipinski definition) is 1. The Balaban J connectivity index is 2.31. The molecular weight excluding hydrogens is 271 g/mol. The number of piperidine rings is 1. The molecule has 5 nitrogen and oxygen atoms in total. The summed E-state index contributed by atoms with van der Waals surface area (Å²) in [6.45, 7) is 0.349. The van der Waals surface area contributed by atoms with E-state index >= 15 is 0 Å². The van der Waals surface area contributed by atoms with Crippen molar-refractivity contribution in [2.45, 2.75) is 36.6 Å². The molecule has 7 heteroatoms. The summed E-state index contributed by atoms with van der Waals surface area (Å²) >= 11 is 0. The molecule has 1 aliphatic rings. The van der Waals surface area contributed by atoms with Crippen LogP contribution in [0.2, 0.25) is 0 Å². The van der Waals surface area contributed by atoms with Gasteiger partial charge in [0.1, 0.15) is 10.7 Å². The van der Waals surface area contributed by atoms with Crippen molar-refractivity contribution in [2.24, 2.45) is 0 Å². The third-order valence-electron chi connectivity index (χ3n) is 3.32. The Bertz CT molecular complexity index is 534. The van der Waals surface area contributed by atoms with Gasteiger partial charge in [0.15, 0.2) is 0 Å². The summed E-state index contributed by atoms with van der Waals surface area (Å²) in [6.07, 6.45) is 4.98. The molecule has 0 aromatic carbocycles. The van der Waals surface area contributed by atoms with Crippen molar-refractivity contribution < 1.29 is 17.9 Å². The number of rotatable bonds is 4. The van der Waals surface area contributed by atoms with Crippen molar-refractivity contribution in [2.75, 3.05) is 13.2 Å². The Labute approximate surface area is 112 Å². The van der Waals surface area contributed by atoms with Crippen molar-refractivity contribution in [1.82, 2.24) is 9.29 Å². The van der Waals surface area contributed by atoms with Gasteiger partial charge in [0, 0.05) is 25.4 Å². The smallest absolute Gasteiger partial charge is 0.244 e. The van der Waals surface area contributed by atoms with E-state index in [4.69, 9.17) is 5.11 Å². The first-order chi connectivity index (χ1) is 9.05. The molecule has 2 rings (SSSR count). The first-order valence-electron chi connectivity index (χ1n) is 6.29. The molecule has 0 radical (unpaired) electrons. The van der Waals surface area contributed by atoms with E-state index in [9.17, 15) is 12.8 Å². The van der Waals surface area contributed by atoms with Gasteiger partial charge < -0.3 is 5.11 Å². The van der Waals surface area contributed by atoms with Crippen LogP contribution in [0, 0.1) is 5.82 Å². The van der Waals surface area contributed by atoms with Crippen LogP contribution < -0.4 is 0 Å². The zero-order valence-corrected chi connectivity index (χ0v) is 11.3. The molecule has 1 aliphatic heterocycles. The molecule has 0 bridgehead atoms. The number of nitrogens with zero attached hydrogens (tertiary/aromatic N) is 2. The number of aliphatic hydroxyl groups is 1. The van der Waals surface area contributed by atoms with Crippen LogP contribution in [-0.2, 0) is 10.0 Å². The summed E-state index contributed by atoms with van der Waals surface area (Å²) < 4.78 is 39.4. The molecule has 0 amide bonds. The average molecular weight is 288 g/mol. The maximum atomic E-state index is 13.1. The molecule has 19 heavy (non-hydrogen) atoms. The number of sulfonamides is 1. The molecule has 1 saturated heterocycles. The number of aliphatic hydroxyl groups excluding tert-OH is 1. The molecule has 1 aromatic rings. The van der Waals surface area contributed by atoms with Gasteiger partial charge in [-0.15, -0.1) is 0 Å². The van der Waals surface area contributed by atoms with Crippen LogP contribution in [0.15, 0.2) is 23.4 Å². The number of hydrogen-bond acceptors (Lipinski definition) is 4. The lowest BCUT2D eigenvalue weighted by Gasteiger charge is -2.34. The quantitative estimate of drug-likeness (QED) is 0.902. The molecule has 2 heterocycles. The zero-order chi connectivity index (χ0) is 13.9. The van der Waals surface area contributed by atoms with Crippen LogP contribution in [-0.4, -0.2) is 42.0 Å². The highest BCUT2D eigenvalue weighted by molar-refractivity contribution is 7.89. The fourth-order valence-electron chi connectivity index (χ4n) is 2.40. The minimum absolute atomic E-state index is 0.0575. The molecular formula is C12H17FN2O3S. The molecule has 0 spiro atoms. The molecule has 0 saturated carbocycles. The largest absolute Gasteiger partial charge is 0.396 e. The van der Waals surface area contributed by atoms with Gasteiger partial charge in [0.25, 0.3) is 0 Å². The van der Waals surface area contributed by atoms with Crippen molar-refractivity contribution in [1.29, 1.82) is 0 Å². The fourth-order valence-corrected chi connectivity index (χ4v) is 4.10. The monoisotopic (exact) mass is 288 g/mol. The maximum Gasteiger partial charge on any atom is 0.244 e.